The van der Waals surface area contributed by atoms with E-state index in [2.05, 4.69) is 189 Å². The standard InChI is InChI=1S/C20H22.C20H20.2C16H20/c2*1-2-6-18-12-16-10-9-15(11-17(18)5-1)13-19-7-3-4-8-20(19)14-16;2*1-3-7-13(8-4-1)16-11-14-9-5-2-6-10-15(14)12-16/h1-8,15-16H,9-14H2;1-8,11,14-16H,9-10,12-13H2;1-4,7-8,14-15H,5-6,9-12H2;1-5,7-8,14-16H,6,9-12H2/q;2*-2;. The van der Waals surface area contributed by atoms with Gasteiger partial charge >= 0.3 is 0 Å². The van der Waals surface area contributed by atoms with Gasteiger partial charge in [0.15, 0.2) is 0 Å². The van der Waals surface area contributed by atoms with E-state index in [1.807, 2.05) is 0 Å². The highest BCUT2D eigenvalue weighted by atomic mass is 14.4. The SMILES string of the molecule is C1=CC2=CC3CCC([CH-]c4ccccc4C3)C[C-]2C=C1.C1=CCC2CC(c3ccccc3)CC2CC1.C1=C[CH-]C(=C2CC3CC[CH-]CCC3C2)C=C1.c1ccc2c(c1)CC1CCC(C2)Cc2ccccc2C1. The predicted molar refractivity (Wildman–Crippen MR) is 305 cm³/mol. The van der Waals surface area contributed by atoms with Crippen molar-refractivity contribution < 1.29 is 0 Å². The van der Waals surface area contributed by atoms with Crippen molar-refractivity contribution in [1.29, 1.82) is 0 Å². The van der Waals surface area contributed by atoms with Crippen LogP contribution in [0.4, 0.5) is 0 Å². The van der Waals surface area contributed by atoms with Crippen LogP contribution in [-0.4, -0.2) is 0 Å². The fraction of sp³-hybridized carbons (Fsp3) is 0.417. The molecule has 0 heterocycles. The molecular formula is C72H82-4. The number of hydrogen-bond acceptors (Lipinski definition) is 0. The Kier molecular flexibility index (Phi) is 16.4. The maximum atomic E-state index is 2.52. The van der Waals surface area contributed by atoms with Crippen molar-refractivity contribution in [3.63, 3.8) is 0 Å². The van der Waals surface area contributed by atoms with E-state index in [1.165, 1.54) is 163 Å². The third-order valence-electron chi connectivity index (χ3n) is 18.8. The first kappa shape index (κ1) is 48.9. The van der Waals surface area contributed by atoms with Crippen LogP contribution in [0.2, 0.25) is 0 Å². The highest BCUT2D eigenvalue weighted by Crippen LogP contribution is 2.48. The van der Waals surface area contributed by atoms with Crippen molar-refractivity contribution in [3.8, 4) is 0 Å². The normalized spacial score (nSPS) is 29.4. The third kappa shape index (κ3) is 12.5. The predicted octanol–water partition coefficient (Wildman–Crippen LogP) is 18.4. The van der Waals surface area contributed by atoms with Crippen molar-refractivity contribution >= 4 is 0 Å². The summed E-state index contributed by atoms with van der Waals surface area (Å²) in [7, 11) is 0. The summed E-state index contributed by atoms with van der Waals surface area (Å²) in [5, 5.41) is 0. The molecule has 3 saturated carbocycles. The number of rotatable bonds is 1. The Balaban J connectivity index is 0.000000104. The zero-order chi connectivity index (χ0) is 48.3. The van der Waals surface area contributed by atoms with E-state index >= 15 is 0 Å². The van der Waals surface area contributed by atoms with Gasteiger partial charge < -0.3 is 6.42 Å². The maximum Gasteiger partial charge on any atom is -0.0156 e. The van der Waals surface area contributed by atoms with Gasteiger partial charge in [0.1, 0.15) is 0 Å². The van der Waals surface area contributed by atoms with Crippen molar-refractivity contribution in [3.05, 3.63) is 251 Å². The smallest absolute Gasteiger partial charge is 0.0156 e. The minimum absolute atomic E-state index is 0.689. The Morgan fingerprint density at radius 2 is 1.14 bits per heavy atom. The molecule has 3 fully saturated rings. The highest BCUT2D eigenvalue weighted by Gasteiger charge is 2.34. The molecule has 10 aliphatic rings. The van der Waals surface area contributed by atoms with Gasteiger partial charge in [0.2, 0.25) is 0 Å². The van der Waals surface area contributed by atoms with E-state index in [0.29, 0.717) is 11.8 Å². The third-order valence-corrected chi connectivity index (χ3v) is 18.8. The Morgan fingerprint density at radius 3 is 1.82 bits per heavy atom. The van der Waals surface area contributed by atoms with Crippen molar-refractivity contribution in [1.82, 2.24) is 0 Å². The van der Waals surface area contributed by atoms with Crippen LogP contribution in [0, 0.1) is 72.5 Å². The van der Waals surface area contributed by atoms with Crippen molar-refractivity contribution in [2.45, 2.75) is 141 Å². The second-order valence-corrected chi connectivity index (χ2v) is 23.6. The summed E-state index contributed by atoms with van der Waals surface area (Å²) in [6, 6.07) is 38.4. The molecule has 7 atom stereocenters. The van der Waals surface area contributed by atoms with Gasteiger partial charge in [-0.3, -0.25) is 0 Å². The van der Waals surface area contributed by atoms with E-state index < -0.39 is 0 Å². The van der Waals surface area contributed by atoms with Crippen LogP contribution < -0.4 is 0 Å². The summed E-state index contributed by atoms with van der Waals surface area (Å²) in [6.45, 7) is 0. The molecule has 0 saturated heterocycles. The molecule has 0 aliphatic heterocycles. The molecule has 0 amide bonds. The lowest BCUT2D eigenvalue weighted by molar-refractivity contribution is 0.355. The minimum Gasteiger partial charge on any atom is -0.328 e. The molecule has 7 unspecified atom stereocenters. The van der Waals surface area contributed by atoms with E-state index in [4.69, 9.17) is 0 Å². The lowest BCUT2D eigenvalue weighted by Gasteiger charge is -2.39. The van der Waals surface area contributed by atoms with Gasteiger partial charge in [-0.15, -0.1) is 95.4 Å². The van der Waals surface area contributed by atoms with Crippen LogP contribution in [0.3, 0.4) is 0 Å². The summed E-state index contributed by atoms with van der Waals surface area (Å²) in [5.41, 5.74) is 15.7. The fourth-order valence-electron chi connectivity index (χ4n) is 14.9. The summed E-state index contributed by atoms with van der Waals surface area (Å²) in [4.78, 5) is 0. The Bertz CT molecular complexity index is 2500. The topological polar surface area (TPSA) is 0 Å². The molecule has 0 spiro atoms. The molecule has 374 valence electrons. The first-order valence-corrected chi connectivity index (χ1v) is 29.0. The Hall–Kier alpha value is -5.33. The summed E-state index contributed by atoms with van der Waals surface area (Å²) in [6.07, 6.45) is 60.5. The highest BCUT2D eigenvalue weighted by molar-refractivity contribution is 5.49. The van der Waals surface area contributed by atoms with Gasteiger partial charge in [-0.05, 0) is 140 Å². The monoisotopic (exact) mass is 947 g/mol. The van der Waals surface area contributed by atoms with Crippen LogP contribution in [0.1, 0.15) is 148 Å². The quantitative estimate of drug-likeness (QED) is 0.132. The zero-order valence-electron chi connectivity index (χ0n) is 43.4. The minimum atomic E-state index is 0.689. The van der Waals surface area contributed by atoms with Gasteiger partial charge in [0.25, 0.3) is 0 Å². The van der Waals surface area contributed by atoms with Crippen molar-refractivity contribution in [2.24, 2.45) is 47.3 Å². The zero-order valence-corrected chi connectivity index (χ0v) is 43.4. The van der Waals surface area contributed by atoms with Gasteiger partial charge in [-0.25, -0.2) is 0 Å². The average molecular weight is 947 g/mol. The average Bonchev–Trinajstić information content (AvgIpc) is 3.85. The molecule has 0 N–H and O–H groups in total. The summed E-state index contributed by atoms with van der Waals surface area (Å²) < 4.78 is 0. The second-order valence-electron chi connectivity index (χ2n) is 23.6. The molecular weight excluding hydrogens is 865 g/mol. The van der Waals surface area contributed by atoms with E-state index in [1.54, 1.807) is 33.4 Å². The molecule has 0 heteroatoms. The molecule has 0 aromatic heterocycles. The number of benzene rings is 4. The lowest BCUT2D eigenvalue weighted by Crippen LogP contribution is -2.22. The molecule has 4 bridgehead atoms. The largest absolute Gasteiger partial charge is 0.328 e. The first-order valence-electron chi connectivity index (χ1n) is 29.0. The molecule has 10 aliphatic carbocycles. The maximum absolute atomic E-state index is 2.52. The van der Waals surface area contributed by atoms with Gasteiger partial charge in [0.05, 0.1) is 0 Å². The molecule has 4 aromatic carbocycles. The van der Waals surface area contributed by atoms with Gasteiger partial charge in [0, 0.05) is 0 Å². The van der Waals surface area contributed by atoms with Crippen LogP contribution in [0.15, 0.2) is 187 Å². The van der Waals surface area contributed by atoms with Gasteiger partial charge in [-0.1, -0.05) is 160 Å². The van der Waals surface area contributed by atoms with Crippen molar-refractivity contribution in [2.75, 3.05) is 0 Å². The molecule has 0 nitrogen and oxygen atoms in total. The number of hydrogen-bond donors (Lipinski definition) is 0. The molecule has 72 heavy (non-hydrogen) atoms. The van der Waals surface area contributed by atoms with Crippen LogP contribution in [0.25, 0.3) is 0 Å². The lowest BCUT2D eigenvalue weighted by atomic mass is 9.73. The van der Waals surface area contributed by atoms with Crippen LogP contribution >= 0.6 is 0 Å². The van der Waals surface area contributed by atoms with E-state index in [9.17, 15) is 0 Å². The molecule has 4 aromatic rings. The van der Waals surface area contributed by atoms with Crippen LogP contribution in [0.5, 0.6) is 0 Å². The number of allylic oxidation sites excluding steroid dienone is 14. The Morgan fingerprint density at radius 1 is 0.500 bits per heavy atom. The molecule has 14 rings (SSSR count). The van der Waals surface area contributed by atoms with E-state index in [0.717, 1.165) is 41.4 Å². The Labute approximate surface area is 436 Å². The first-order chi connectivity index (χ1) is 35.6. The van der Waals surface area contributed by atoms with Gasteiger partial charge in [-0.2, -0.15) is 37.0 Å². The molecule has 0 radical (unpaired) electrons. The number of fused-ring (bicyclic) bond motifs is 12. The fourth-order valence-corrected chi connectivity index (χ4v) is 14.9. The van der Waals surface area contributed by atoms with Crippen LogP contribution in [-0.2, 0) is 32.1 Å². The van der Waals surface area contributed by atoms with E-state index in [-0.39, 0.29) is 0 Å². The summed E-state index contributed by atoms with van der Waals surface area (Å²) >= 11 is 0. The summed E-state index contributed by atoms with van der Waals surface area (Å²) in [5.74, 6) is 9.32. The second kappa shape index (κ2) is 24.1.